The van der Waals surface area contributed by atoms with E-state index in [-0.39, 0.29) is 8.96 Å². The van der Waals surface area contributed by atoms with E-state index in [1.54, 1.807) is 6.92 Å². The molecule has 0 saturated carbocycles. The van der Waals surface area contributed by atoms with Crippen molar-refractivity contribution >= 4 is 42.8 Å². The lowest BCUT2D eigenvalue weighted by Gasteiger charge is -2.46. The van der Waals surface area contributed by atoms with Crippen LogP contribution in [0.5, 0.6) is 0 Å². The molecule has 0 aromatic carbocycles. The fraction of sp³-hybridized carbons (Fsp3) is 0.875. The summed E-state index contributed by atoms with van der Waals surface area (Å²) in [5, 5.41) is 0.0274. The SMILES string of the molecule is CC(=O)O[C@@H]1[C@@H](OC(C)=O)[C@@H](I)[C@H](O[Si](C)(C)C(C)(C)C)O[C@H]1C. The fourth-order valence-corrected chi connectivity index (χ4v) is 4.49. The van der Waals surface area contributed by atoms with E-state index in [2.05, 4.69) is 56.5 Å². The number of rotatable bonds is 4. The first kappa shape index (κ1) is 21.8. The molecular formula is C16H29IO6Si. The van der Waals surface area contributed by atoms with E-state index in [9.17, 15) is 9.59 Å². The summed E-state index contributed by atoms with van der Waals surface area (Å²) in [7, 11) is -2.07. The van der Waals surface area contributed by atoms with Crippen LogP contribution in [0.25, 0.3) is 0 Å². The van der Waals surface area contributed by atoms with Crippen molar-refractivity contribution in [2.24, 2.45) is 0 Å². The molecule has 1 saturated heterocycles. The van der Waals surface area contributed by atoms with Gasteiger partial charge in [0.05, 0.1) is 6.10 Å². The van der Waals surface area contributed by atoms with E-state index in [4.69, 9.17) is 18.6 Å². The zero-order valence-corrected chi connectivity index (χ0v) is 18.9. The highest BCUT2D eigenvalue weighted by atomic mass is 127. The second kappa shape index (κ2) is 8.01. The summed E-state index contributed by atoms with van der Waals surface area (Å²) in [6, 6.07) is 0. The maximum absolute atomic E-state index is 11.5. The molecule has 0 amide bonds. The van der Waals surface area contributed by atoms with E-state index in [0.717, 1.165) is 0 Å². The van der Waals surface area contributed by atoms with Crippen molar-refractivity contribution in [3.8, 4) is 0 Å². The van der Waals surface area contributed by atoms with Crippen LogP contribution in [0, 0.1) is 0 Å². The summed E-state index contributed by atoms with van der Waals surface area (Å²) in [5.41, 5.74) is 0. The van der Waals surface area contributed by atoms with E-state index >= 15 is 0 Å². The molecule has 0 aromatic heterocycles. The number of esters is 2. The van der Waals surface area contributed by atoms with Crippen LogP contribution in [-0.2, 0) is 28.2 Å². The molecule has 0 aliphatic carbocycles. The average molecular weight is 472 g/mol. The molecule has 1 rings (SSSR count). The number of carbonyl (C=O) groups is 2. The highest BCUT2D eigenvalue weighted by Crippen LogP contribution is 2.40. The Labute approximate surface area is 159 Å². The summed E-state index contributed by atoms with van der Waals surface area (Å²) in [6.07, 6.45) is -2.20. The Morgan fingerprint density at radius 3 is 1.92 bits per heavy atom. The third-order valence-electron chi connectivity index (χ3n) is 4.53. The van der Waals surface area contributed by atoms with Crippen molar-refractivity contribution in [2.45, 2.75) is 88.2 Å². The Morgan fingerprint density at radius 1 is 1.04 bits per heavy atom. The Kier molecular flexibility index (Phi) is 7.29. The summed E-state index contributed by atoms with van der Waals surface area (Å²) >= 11 is 2.16. The number of ether oxygens (including phenoxy) is 3. The molecular weight excluding hydrogens is 443 g/mol. The molecule has 5 atom stereocenters. The molecule has 0 bridgehead atoms. The van der Waals surface area contributed by atoms with Gasteiger partial charge in [0.15, 0.2) is 26.8 Å². The van der Waals surface area contributed by atoms with Crippen molar-refractivity contribution < 1.29 is 28.2 Å². The van der Waals surface area contributed by atoms with E-state index in [0.29, 0.717) is 0 Å². The first-order chi connectivity index (χ1) is 10.8. The molecule has 0 radical (unpaired) electrons. The number of halogens is 1. The number of hydrogen-bond donors (Lipinski definition) is 0. The van der Waals surface area contributed by atoms with Crippen LogP contribution in [0.4, 0.5) is 0 Å². The second-order valence-electron chi connectivity index (χ2n) is 7.68. The Bertz CT molecular complexity index is 476. The molecule has 8 heteroatoms. The monoisotopic (exact) mass is 472 g/mol. The molecule has 1 fully saturated rings. The van der Waals surface area contributed by atoms with Gasteiger partial charge in [0.2, 0.25) is 0 Å². The van der Waals surface area contributed by atoms with Gasteiger partial charge in [-0.15, -0.1) is 0 Å². The minimum absolute atomic E-state index is 0.0274. The summed E-state index contributed by atoms with van der Waals surface area (Å²) in [4.78, 5) is 22.9. The first-order valence-corrected chi connectivity index (χ1v) is 12.2. The van der Waals surface area contributed by atoms with Gasteiger partial charge in [0, 0.05) is 13.8 Å². The molecule has 140 valence electrons. The van der Waals surface area contributed by atoms with Gasteiger partial charge >= 0.3 is 11.9 Å². The van der Waals surface area contributed by atoms with Gasteiger partial charge < -0.3 is 18.6 Å². The van der Waals surface area contributed by atoms with Crippen LogP contribution >= 0.6 is 22.6 Å². The largest absolute Gasteiger partial charge is 0.457 e. The Balaban J connectivity index is 3.03. The van der Waals surface area contributed by atoms with Gasteiger partial charge in [-0.2, -0.15) is 0 Å². The van der Waals surface area contributed by atoms with Crippen LogP contribution in [-0.4, -0.2) is 48.8 Å². The molecule has 0 unspecified atom stereocenters. The standard InChI is InChI=1S/C16H29IO6Si/c1-9-13(21-10(2)18)14(22-11(3)19)12(17)15(20-9)23-24(7,8)16(4,5)6/h9,12-15H,1-8H3/t9-,12+,13-,14-,15-/m0/s1. The molecule has 1 aliphatic heterocycles. The van der Waals surface area contributed by atoms with E-state index in [1.807, 2.05) is 0 Å². The zero-order valence-electron chi connectivity index (χ0n) is 15.7. The average Bonchev–Trinajstić information content (AvgIpc) is 2.37. The Morgan fingerprint density at radius 2 is 1.50 bits per heavy atom. The minimum atomic E-state index is -2.07. The summed E-state index contributed by atoms with van der Waals surface area (Å²) in [6.45, 7) is 15.2. The number of alkyl halides is 1. The molecule has 0 spiro atoms. The quantitative estimate of drug-likeness (QED) is 0.270. The van der Waals surface area contributed by atoms with Crippen LogP contribution in [0.3, 0.4) is 0 Å². The molecule has 1 heterocycles. The smallest absolute Gasteiger partial charge is 0.303 e. The summed E-state index contributed by atoms with van der Waals surface area (Å²) in [5.74, 6) is -0.848. The third-order valence-corrected chi connectivity index (χ3v) is 10.3. The van der Waals surface area contributed by atoms with Crippen molar-refractivity contribution in [1.82, 2.24) is 0 Å². The first-order valence-electron chi connectivity index (χ1n) is 8.08. The number of hydrogen-bond acceptors (Lipinski definition) is 6. The predicted molar refractivity (Wildman–Crippen MR) is 102 cm³/mol. The number of carbonyl (C=O) groups excluding carboxylic acids is 2. The van der Waals surface area contributed by atoms with Crippen molar-refractivity contribution in [2.75, 3.05) is 0 Å². The van der Waals surface area contributed by atoms with E-state index < -0.39 is 44.9 Å². The lowest BCUT2D eigenvalue weighted by atomic mass is 10.0. The minimum Gasteiger partial charge on any atom is -0.457 e. The molecule has 0 N–H and O–H groups in total. The van der Waals surface area contributed by atoms with Crippen molar-refractivity contribution in [1.29, 1.82) is 0 Å². The maximum Gasteiger partial charge on any atom is 0.303 e. The molecule has 1 aliphatic rings. The molecule has 6 nitrogen and oxygen atoms in total. The maximum atomic E-state index is 11.5. The summed E-state index contributed by atoms with van der Waals surface area (Å²) < 4.78 is 22.9. The fourth-order valence-electron chi connectivity index (χ4n) is 2.21. The lowest BCUT2D eigenvalue weighted by molar-refractivity contribution is -0.230. The van der Waals surface area contributed by atoms with Gasteiger partial charge in [-0.25, -0.2) is 0 Å². The van der Waals surface area contributed by atoms with Crippen LogP contribution in [0.1, 0.15) is 41.5 Å². The van der Waals surface area contributed by atoms with Gasteiger partial charge in [-0.05, 0) is 25.1 Å². The molecule has 24 heavy (non-hydrogen) atoms. The normalized spacial score (nSPS) is 31.5. The predicted octanol–water partition coefficient (Wildman–Crippen LogP) is 3.42. The van der Waals surface area contributed by atoms with Crippen LogP contribution < -0.4 is 0 Å². The van der Waals surface area contributed by atoms with Crippen molar-refractivity contribution in [3.05, 3.63) is 0 Å². The highest BCUT2D eigenvalue weighted by molar-refractivity contribution is 14.1. The molecule has 0 aromatic rings. The van der Waals surface area contributed by atoms with Crippen LogP contribution in [0.15, 0.2) is 0 Å². The second-order valence-corrected chi connectivity index (χ2v) is 13.9. The Hall–Kier alpha value is -0.193. The van der Waals surface area contributed by atoms with Gasteiger partial charge in [-0.3, -0.25) is 9.59 Å². The third kappa shape index (κ3) is 5.40. The van der Waals surface area contributed by atoms with E-state index in [1.165, 1.54) is 13.8 Å². The highest BCUT2D eigenvalue weighted by Gasteiger charge is 2.50. The lowest BCUT2D eigenvalue weighted by Crippen LogP contribution is -2.60. The van der Waals surface area contributed by atoms with Gasteiger partial charge in [0.25, 0.3) is 0 Å². The topological polar surface area (TPSA) is 71.1 Å². The van der Waals surface area contributed by atoms with Crippen molar-refractivity contribution in [3.63, 3.8) is 0 Å². The van der Waals surface area contributed by atoms with Gasteiger partial charge in [0.1, 0.15) is 3.92 Å². The van der Waals surface area contributed by atoms with Gasteiger partial charge in [-0.1, -0.05) is 43.4 Å². The zero-order chi connectivity index (χ0) is 18.9. The van der Waals surface area contributed by atoms with Crippen LogP contribution in [0.2, 0.25) is 18.1 Å².